The van der Waals surface area contributed by atoms with Crippen molar-refractivity contribution >= 4 is 40.6 Å². The van der Waals surface area contributed by atoms with Crippen LogP contribution in [0.1, 0.15) is 17.5 Å². The van der Waals surface area contributed by atoms with Crippen molar-refractivity contribution in [3.63, 3.8) is 0 Å². The molecule has 2 aromatic carbocycles. The first-order valence-electron chi connectivity index (χ1n) is 8.91. The second-order valence-electron chi connectivity index (χ2n) is 6.22. The van der Waals surface area contributed by atoms with E-state index in [4.69, 9.17) is 25.8 Å². The summed E-state index contributed by atoms with van der Waals surface area (Å²) in [6, 6.07) is 10.9. The van der Waals surface area contributed by atoms with Gasteiger partial charge >= 0.3 is 0 Å². The highest BCUT2D eigenvalue weighted by Gasteiger charge is 2.25. The number of thioether (sulfide) groups is 1. The molecule has 3 rings (SSSR count). The number of carbonyl (C=O) groups is 2. The zero-order valence-electron chi connectivity index (χ0n) is 16.0. The van der Waals surface area contributed by atoms with Crippen LogP contribution in [0.15, 0.2) is 41.3 Å². The molecule has 1 fully saturated rings. The minimum absolute atomic E-state index is 0.348. The van der Waals surface area contributed by atoms with Crippen LogP contribution in [0.5, 0.6) is 17.2 Å². The summed E-state index contributed by atoms with van der Waals surface area (Å²) in [5.74, 6) is 1.52. The molecule has 0 unspecified atom stereocenters. The number of carbonyl (C=O) groups excluding carboxylic acids is 2. The second-order valence-corrected chi connectivity index (χ2v) is 7.65. The minimum Gasteiger partial charge on any atom is -0.493 e. The molecular weight excluding hydrogens is 414 g/mol. The number of hydrogen-bond acceptors (Lipinski definition) is 6. The van der Waals surface area contributed by atoms with Gasteiger partial charge in [-0.05, 0) is 66.2 Å². The molecule has 2 aromatic rings. The summed E-state index contributed by atoms with van der Waals surface area (Å²) in [6.45, 7) is 2.89. The van der Waals surface area contributed by atoms with Gasteiger partial charge in [0.25, 0.3) is 11.1 Å². The van der Waals surface area contributed by atoms with Crippen molar-refractivity contribution in [1.82, 2.24) is 5.32 Å². The average molecular weight is 434 g/mol. The summed E-state index contributed by atoms with van der Waals surface area (Å²) in [5, 5.41) is 2.57. The minimum atomic E-state index is -0.393. The maximum atomic E-state index is 11.7. The van der Waals surface area contributed by atoms with Gasteiger partial charge in [-0.1, -0.05) is 17.7 Å². The molecule has 0 spiro atoms. The monoisotopic (exact) mass is 433 g/mol. The van der Waals surface area contributed by atoms with Gasteiger partial charge < -0.3 is 14.2 Å². The van der Waals surface area contributed by atoms with Gasteiger partial charge in [0.2, 0.25) is 0 Å². The topological polar surface area (TPSA) is 73.9 Å². The average Bonchev–Trinajstić information content (AvgIpc) is 3.01. The van der Waals surface area contributed by atoms with Gasteiger partial charge in [0.15, 0.2) is 11.5 Å². The molecule has 29 heavy (non-hydrogen) atoms. The van der Waals surface area contributed by atoms with Crippen LogP contribution in [-0.4, -0.2) is 31.5 Å². The van der Waals surface area contributed by atoms with E-state index in [0.29, 0.717) is 41.1 Å². The van der Waals surface area contributed by atoms with Crippen molar-refractivity contribution in [3.05, 3.63) is 57.5 Å². The van der Waals surface area contributed by atoms with Gasteiger partial charge in [-0.15, -0.1) is 0 Å². The molecule has 1 aliphatic heterocycles. The first-order chi connectivity index (χ1) is 14.0. The molecule has 1 aliphatic rings. The standard InChI is InChI=1S/C21H20ClNO5S/c1-13-10-15(5-6-16(13)22)27-8-3-9-28-17-7-4-14(11-18(17)26-2)12-19-20(24)23-21(25)29-19/h4-7,10-12H,3,8-9H2,1-2H3,(H,23,24,25)/b19-12-. The third kappa shape index (κ3) is 5.68. The fraction of sp³-hybridized carbons (Fsp3) is 0.238. The maximum absolute atomic E-state index is 11.7. The fourth-order valence-electron chi connectivity index (χ4n) is 2.60. The Morgan fingerprint density at radius 3 is 2.55 bits per heavy atom. The van der Waals surface area contributed by atoms with Crippen LogP contribution in [0.3, 0.4) is 0 Å². The molecule has 8 heteroatoms. The number of hydrogen-bond donors (Lipinski definition) is 1. The van der Waals surface area contributed by atoms with Gasteiger partial charge in [0, 0.05) is 11.4 Å². The molecule has 152 valence electrons. The van der Waals surface area contributed by atoms with Crippen LogP contribution in [0.25, 0.3) is 6.08 Å². The number of imide groups is 1. The Bertz CT molecular complexity index is 960. The largest absolute Gasteiger partial charge is 0.493 e. The third-order valence-electron chi connectivity index (χ3n) is 4.07. The van der Waals surface area contributed by atoms with Crippen LogP contribution in [0.4, 0.5) is 4.79 Å². The molecule has 0 atom stereocenters. The van der Waals surface area contributed by atoms with Crippen molar-refractivity contribution in [1.29, 1.82) is 0 Å². The number of nitrogens with one attached hydrogen (secondary N) is 1. The summed E-state index contributed by atoms with van der Waals surface area (Å²) in [4.78, 5) is 23.3. The van der Waals surface area contributed by atoms with Crippen LogP contribution in [0.2, 0.25) is 5.02 Å². The third-order valence-corrected chi connectivity index (χ3v) is 5.31. The molecule has 6 nitrogen and oxygen atoms in total. The molecule has 1 saturated heterocycles. The zero-order chi connectivity index (χ0) is 20.8. The Kier molecular flexibility index (Phi) is 7.06. The normalized spacial score (nSPS) is 14.8. The van der Waals surface area contributed by atoms with E-state index in [1.807, 2.05) is 25.1 Å². The molecule has 0 saturated carbocycles. The lowest BCUT2D eigenvalue weighted by Crippen LogP contribution is -2.17. The van der Waals surface area contributed by atoms with Crippen LogP contribution < -0.4 is 19.5 Å². The van der Waals surface area contributed by atoms with Crippen molar-refractivity contribution in [2.24, 2.45) is 0 Å². The highest BCUT2D eigenvalue weighted by atomic mass is 35.5. The van der Waals surface area contributed by atoms with Crippen LogP contribution in [-0.2, 0) is 4.79 Å². The first-order valence-corrected chi connectivity index (χ1v) is 10.1. The second kappa shape index (κ2) is 9.71. The molecule has 0 radical (unpaired) electrons. The Labute approximate surface area is 178 Å². The quantitative estimate of drug-likeness (QED) is 0.475. The van der Waals surface area contributed by atoms with Gasteiger partial charge in [0.05, 0.1) is 25.2 Å². The number of amides is 2. The highest BCUT2D eigenvalue weighted by molar-refractivity contribution is 8.18. The van der Waals surface area contributed by atoms with Crippen molar-refractivity contribution in [2.75, 3.05) is 20.3 Å². The molecular formula is C21H20ClNO5S. The van der Waals surface area contributed by atoms with E-state index in [9.17, 15) is 9.59 Å². The summed E-state index contributed by atoms with van der Waals surface area (Å²) in [6.07, 6.45) is 2.33. The Hall–Kier alpha value is -2.64. The van der Waals surface area contributed by atoms with E-state index in [2.05, 4.69) is 5.32 Å². The van der Waals surface area contributed by atoms with E-state index in [1.165, 1.54) is 0 Å². The smallest absolute Gasteiger partial charge is 0.290 e. The molecule has 0 aromatic heterocycles. The number of benzene rings is 2. The number of halogens is 1. The predicted molar refractivity (Wildman–Crippen MR) is 114 cm³/mol. The van der Waals surface area contributed by atoms with E-state index in [0.717, 1.165) is 28.6 Å². The van der Waals surface area contributed by atoms with Crippen molar-refractivity contribution < 1.29 is 23.8 Å². The Balaban J connectivity index is 1.53. The number of aryl methyl sites for hydroxylation is 1. The van der Waals surface area contributed by atoms with Gasteiger partial charge in [-0.3, -0.25) is 14.9 Å². The predicted octanol–water partition coefficient (Wildman–Crippen LogP) is 4.83. The van der Waals surface area contributed by atoms with Gasteiger partial charge in [-0.2, -0.15) is 0 Å². The molecule has 0 aliphatic carbocycles. The summed E-state index contributed by atoms with van der Waals surface area (Å²) in [5.41, 5.74) is 1.71. The Morgan fingerprint density at radius 1 is 1.07 bits per heavy atom. The fourth-order valence-corrected chi connectivity index (χ4v) is 3.40. The summed E-state index contributed by atoms with van der Waals surface area (Å²) >= 11 is 6.88. The zero-order valence-corrected chi connectivity index (χ0v) is 17.6. The lowest BCUT2D eigenvalue weighted by atomic mass is 10.2. The number of ether oxygens (including phenoxy) is 3. The maximum Gasteiger partial charge on any atom is 0.290 e. The summed E-state index contributed by atoms with van der Waals surface area (Å²) < 4.78 is 16.9. The Morgan fingerprint density at radius 2 is 1.86 bits per heavy atom. The highest BCUT2D eigenvalue weighted by Crippen LogP contribution is 2.31. The summed E-state index contributed by atoms with van der Waals surface area (Å²) in [7, 11) is 1.55. The first kappa shape index (κ1) is 21.1. The number of methoxy groups -OCH3 is 1. The van der Waals surface area contributed by atoms with Crippen LogP contribution >= 0.6 is 23.4 Å². The molecule has 1 heterocycles. The van der Waals surface area contributed by atoms with E-state index in [-0.39, 0.29) is 5.24 Å². The van der Waals surface area contributed by atoms with Crippen molar-refractivity contribution in [3.8, 4) is 17.2 Å². The van der Waals surface area contributed by atoms with Gasteiger partial charge in [0.1, 0.15) is 5.75 Å². The number of rotatable bonds is 8. The van der Waals surface area contributed by atoms with E-state index >= 15 is 0 Å². The van der Waals surface area contributed by atoms with E-state index in [1.54, 1.807) is 31.4 Å². The lowest BCUT2D eigenvalue weighted by molar-refractivity contribution is -0.115. The SMILES string of the molecule is COc1cc(/C=C2\SC(=O)NC2=O)ccc1OCCCOc1ccc(Cl)c(C)c1. The lowest BCUT2D eigenvalue weighted by Gasteiger charge is -2.12. The van der Waals surface area contributed by atoms with Gasteiger partial charge in [-0.25, -0.2) is 0 Å². The van der Waals surface area contributed by atoms with Crippen LogP contribution in [0, 0.1) is 6.92 Å². The molecule has 0 bridgehead atoms. The molecule has 2 amide bonds. The van der Waals surface area contributed by atoms with Crippen molar-refractivity contribution in [2.45, 2.75) is 13.3 Å². The van der Waals surface area contributed by atoms with E-state index < -0.39 is 5.91 Å². The molecule has 1 N–H and O–H groups in total.